The van der Waals surface area contributed by atoms with Gasteiger partial charge in [-0.25, -0.2) is 0 Å². The van der Waals surface area contributed by atoms with Crippen LogP contribution in [0.2, 0.25) is 0 Å². The Balaban J connectivity index is 1.46. The number of rotatable bonds is 7. The Morgan fingerprint density at radius 1 is 0.812 bits per heavy atom. The SMILES string of the molecule is COc1ccc(C(=O)Nc2cccc(C)c2)cc1COc1ccc(-c2ccccc2)cc1. The molecule has 0 aliphatic heterocycles. The first-order chi connectivity index (χ1) is 15.6. The summed E-state index contributed by atoms with van der Waals surface area (Å²) in [5.74, 6) is 1.26. The molecular weight excluding hydrogens is 398 g/mol. The van der Waals surface area contributed by atoms with Gasteiger partial charge in [0, 0.05) is 16.8 Å². The molecule has 1 N–H and O–H groups in total. The van der Waals surface area contributed by atoms with Crippen LogP contribution in [0.15, 0.2) is 97.1 Å². The van der Waals surface area contributed by atoms with E-state index in [1.54, 1.807) is 19.2 Å². The summed E-state index contributed by atoms with van der Waals surface area (Å²) >= 11 is 0. The zero-order valence-electron chi connectivity index (χ0n) is 18.2. The topological polar surface area (TPSA) is 47.6 Å². The molecule has 0 bridgehead atoms. The number of ether oxygens (including phenoxy) is 2. The second-order valence-corrected chi connectivity index (χ2v) is 7.53. The lowest BCUT2D eigenvalue weighted by molar-refractivity contribution is 0.102. The van der Waals surface area contributed by atoms with Crippen molar-refractivity contribution in [2.75, 3.05) is 12.4 Å². The van der Waals surface area contributed by atoms with E-state index in [4.69, 9.17) is 9.47 Å². The Hall–Kier alpha value is -4.05. The zero-order chi connectivity index (χ0) is 22.3. The maximum absolute atomic E-state index is 12.7. The van der Waals surface area contributed by atoms with E-state index in [-0.39, 0.29) is 5.91 Å². The largest absolute Gasteiger partial charge is 0.496 e. The van der Waals surface area contributed by atoms with Crippen LogP contribution in [-0.4, -0.2) is 13.0 Å². The number of aryl methyl sites for hydroxylation is 1. The van der Waals surface area contributed by atoms with E-state index in [0.29, 0.717) is 17.9 Å². The maximum atomic E-state index is 12.7. The quantitative estimate of drug-likeness (QED) is 0.369. The summed E-state index contributed by atoms with van der Waals surface area (Å²) in [6, 6.07) is 31.2. The van der Waals surface area contributed by atoms with Crippen molar-refractivity contribution in [1.82, 2.24) is 0 Å². The number of benzene rings is 4. The Bertz CT molecular complexity index is 1200. The minimum atomic E-state index is -0.174. The molecular formula is C28H25NO3. The van der Waals surface area contributed by atoms with Crippen molar-refractivity contribution in [2.45, 2.75) is 13.5 Å². The number of anilines is 1. The van der Waals surface area contributed by atoms with E-state index in [0.717, 1.165) is 33.7 Å². The maximum Gasteiger partial charge on any atom is 0.255 e. The lowest BCUT2D eigenvalue weighted by atomic mass is 10.1. The molecule has 32 heavy (non-hydrogen) atoms. The van der Waals surface area contributed by atoms with Crippen LogP contribution >= 0.6 is 0 Å². The van der Waals surface area contributed by atoms with Gasteiger partial charge in [0.2, 0.25) is 0 Å². The molecule has 4 rings (SSSR count). The van der Waals surface area contributed by atoms with Gasteiger partial charge in [0.25, 0.3) is 5.91 Å². The van der Waals surface area contributed by atoms with E-state index >= 15 is 0 Å². The summed E-state index contributed by atoms with van der Waals surface area (Å²) < 4.78 is 11.5. The van der Waals surface area contributed by atoms with Gasteiger partial charge in [-0.15, -0.1) is 0 Å². The lowest BCUT2D eigenvalue weighted by Gasteiger charge is -2.13. The molecule has 4 aromatic carbocycles. The summed E-state index contributed by atoms with van der Waals surface area (Å²) in [5, 5.41) is 2.94. The van der Waals surface area contributed by atoms with Crippen molar-refractivity contribution in [3.8, 4) is 22.6 Å². The highest BCUT2D eigenvalue weighted by Crippen LogP contribution is 2.25. The van der Waals surface area contributed by atoms with Crippen molar-refractivity contribution in [3.63, 3.8) is 0 Å². The number of amides is 1. The number of nitrogens with one attached hydrogen (secondary N) is 1. The second kappa shape index (κ2) is 9.84. The molecule has 0 atom stereocenters. The fourth-order valence-electron chi connectivity index (χ4n) is 3.49. The molecule has 160 valence electrons. The van der Waals surface area contributed by atoms with Gasteiger partial charge in [0.15, 0.2) is 0 Å². The summed E-state index contributed by atoms with van der Waals surface area (Å²) in [7, 11) is 1.61. The Morgan fingerprint density at radius 2 is 1.56 bits per heavy atom. The van der Waals surface area contributed by atoms with Crippen molar-refractivity contribution in [3.05, 3.63) is 114 Å². The highest BCUT2D eigenvalue weighted by atomic mass is 16.5. The van der Waals surface area contributed by atoms with Crippen LogP contribution in [0.3, 0.4) is 0 Å². The minimum absolute atomic E-state index is 0.174. The van der Waals surface area contributed by atoms with Crippen LogP contribution < -0.4 is 14.8 Å². The average molecular weight is 424 g/mol. The third-order valence-electron chi connectivity index (χ3n) is 5.17. The number of carbonyl (C=O) groups is 1. The van der Waals surface area contributed by atoms with Gasteiger partial charge in [0.05, 0.1) is 7.11 Å². The smallest absolute Gasteiger partial charge is 0.255 e. The van der Waals surface area contributed by atoms with Crippen molar-refractivity contribution >= 4 is 11.6 Å². The van der Waals surface area contributed by atoms with Crippen LogP contribution in [0.5, 0.6) is 11.5 Å². The Labute approximate surface area is 188 Å². The average Bonchev–Trinajstić information content (AvgIpc) is 2.83. The molecule has 0 radical (unpaired) electrons. The number of hydrogen-bond acceptors (Lipinski definition) is 3. The molecule has 0 heterocycles. The van der Waals surface area contributed by atoms with Gasteiger partial charge >= 0.3 is 0 Å². The van der Waals surface area contributed by atoms with E-state index in [1.165, 1.54) is 0 Å². The molecule has 0 saturated heterocycles. The molecule has 0 aromatic heterocycles. The summed E-state index contributed by atoms with van der Waals surface area (Å²) in [5.41, 5.74) is 5.49. The van der Waals surface area contributed by atoms with Crippen LogP contribution in [0, 0.1) is 6.92 Å². The fourth-order valence-corrected chi connectivity index (χ4v) is 3.49. The first-order valence-corrected chi connectivity index (χ1v) is 10.5. The molecule has 0 fully saturated rings. The molecule has 4 aromatic rings. The summed E-state index contributed by atoms with van der Waals surface area (Å²) in [6.45, 7) is 2.28. The number of methoxy groups -OCH3 is 1. The molecule has 1 amide bonds. The molecule has 4 nitrogen and oxygen atoms in total. The Morgan fingerprint density at radius 3 is 2.28 bits per heavy atom. The molecule has 4 heteroatoms. The first-order valence-electron chi connectivity index (χ1n) is 10.5. The third-order valence-corrected chi connectivity index (χ3v) is 5.17. The standard InChI is InChI=1S/C28H25NO3/c1-20-7-6-10-25(17-20)29-28(30)23-13-16-27(31-2)24(18-23)19-32-26-14-11-22(12-15-26)21-8-4-3-5-9-21/h3-18H,19H2,1-2H3,(H,29,30). The summed E-state index contributed by atoms with van der Waals surface area (Å²) in [6.07, 6.45) is 0. The fraction of sp³-hybridized carbons (Fsp3) is 0.107. The van der Waals surface area contributed by atoms with Crippen molar-refractivity contribution in [1.29, 1.82) is 0 Å². The third kappa shape index (κ3) is 5.16. The van der Waals surface area contributed by atoms with E-state index < -0.39 is 0 Å². The minimum Gasteiger partial charge on any atom is -0.496 e. The molecule has 0 saturated carbocycles. The lowest BCUT2D eigenvalue weighted by Crippen LogP contribution is -2.13. The normalized spacial score (nSPS) is 10.4. The van der Waals surface area contributed by atoms with Crippen LogP contribution in [-0.2, 0) is 6.61 Å². The second-order valence-electron chi connectivity index (χ2n) is 7.53. The predicted octanol–water partition coefficient (Wildman–Crippen LogP) is 6.50. The van der Waals surface area contributed by atoms with Gasteiger partial charge in [-0.3, -0.25) is 4.79 Å². The van der Waals surface area contributed by atoms with Crippen LogP contribution in [0.25, 0.3) is 11.1 Å². The van der Waals surface area contributed by atoms with E-state index in [1.807, 2.05) is 79.7 Å². The molecule has 0 spiro atoms. The van der Waals surface area contributed by atoms with Gasteiger partial charge in [-0.05, 0) is 66.1 Å². The van der Waals surface area contributed by atoms with Crippen LogP contribution in [0.1, 0.15) is 21.5 Å². The van der Waals surface area contributed by atoms with Gasteiger partial charge in [-0.1, -0.05) is 54.6 Å². The van der Waals surface area contributed by atoms with E-state index in [9.17, 15) is 4.79 Å². The monoisotopic (exact) mass is 423 g/mol. The number of hydrogen-bond donors (Lipinski definition) is 1. The highest BCUT2D eigenvalue weighted by molar-refractivity contribution is 6.04. The first kappa shape index (κ1) is 21.2. The Kier molecular flexibility index (Phi) is 6.52. The number of carbonyl (C=O) groups excluding carboxylic acids is 1. The summed E-state index contributed by atoms with van der Waals surface area (Å²) in [4.78, 5) is 12.7. The molecule has 0 aliphatic carbocycles. The predicted molar refractivity (Wildman–Crippen MR) is 128 cm³/mol. The van der Waals surface area contributed by atoms with Crippen LogP contribution in [0.4, 0.5) is 5.69 Å². The molecule has 0 aliphatic rings. The van der Waals surface area contributed by atoms with Gasteiger partial charge in [0.1, 0.15) is 18.1 Å². The van der Waals surface area contributed by atoms with Gasteiger partial charge in [-0.2, -0.15) is 0 Å². The van der Waals surface area contributed by atoms with Gasteiger partial charge < -0.3 is 14.8 Å². The molecule has 0 unspecified atom stereocenters. The zero-order valence-corrected chi connectivity index (χ0v) is 18.2. The van der Waals surface area contributed by atoms with Crippen molar-refractivity contribution in [2.24, 2.45) is 0 Å². The van der Waals surface area contributed by atoms with Crippen molar-refractivity contribution < 1.29 is 14.3 Å². The van der Waals surface area contributed by atoms with E-state index in [2.05, 4.69) is 17.4 Å². The highest BCUT2D eigenvalue weighted by Gasteiger charge is 2.12.